The Bertz CT molecular complexity index is 1100. The van der Waals surface area contributed by atoms with E-state index in [1.54, 1.807) is 33.0 Å². The molecule has 28 heavy (non-hydrogen) atoms. The first-order valence-electron chi connectivity index (χ1n) is 9.24. The molecule has 0 amide bonds. The van der Waals surface area contributed by atoms with Crippen molar-refractivity contribution in [2.24, 2.45) is 0 Å². The summed E-state index contributed by atoms with van der Waals surface area (Å²) in [7, 11) is 0. The van der Waals surface area contributed by atoms with Gasteiger partial charge < -0.3 is 0 Å². The number of hydrogen-bond acceptors (Lipinski definition) is 7. The van der Waals surface area contributed by atoms with Gasteiger partial charge in [-0.2, -0.15) is 4.98 Å². The van der Waals surface area contributed by atoms with E-state index < -0.39 is 0 Å². The quantitative estimate of drug-likeness (QED) is 0.448. The number of fused-ring (bicyclic) bond motifs is 1. The van der Waals surface area contributed by atoms with E-state index in [0.29, 0.717) is 29.4 Å². The van der Waals surface area contributed by atoms with Crippen LogP contribution in [-0.4, -0.2) is 30.9 Å². The van der Waals surface area contributed by atoms with E-state index in [1.807, 2.05) is 19.2 Å². The van der Waals surface area contributed by atoms with Crippen LogP contribution in [0.2, 0.25) is 0 Å². The largest absolute Gasteiger partial charge is 0.289 e. The van der Waals surface area contributed by atoms with E-state index in [9.17, 15) is 4.79 Å². The van der Waals surface area contributed by atoms with Crippen molar-refractivity contribution in [1.29, 1.82) is 0 Å². The Morgan fingerprint density at radius 1 is 1.43 bits per heavy atom. The van der Waals surface area contributed by atoms with Gasteiger partial charge in [0, 0.05) is 30.1 Å². The summed E-state index contributed by atoms with van der Waals surface area (Å²) in [5.41, 5.74) is 7.20. The highest BCUT2D eigenvalue weighted by molar-refractivity contribution is 7.10. The molecule has 1 aliphatic rings. The molecule has 4 rings (SSSR count). The summed E-state index contributed by atoms with van der Waals surface area (Å²) < 4.78 is 3.49. The van der Waals surface area contributed by atoms with Gasteiger partial charge in [0.1, 0.15) is 5.39 Å². The van der Waals surface area contributed by atoms with Crippen molar-refractivity contribution >= 4 is 28.3 Å². The van der Waals surface area contributed by atoms with Crippen LogP contribution in [0.4, 0.5) is 5.95 Å². The van der Waals surface area contributed by atoms with Crippen LogP contribution in [0.5, 0.6) is 0 Å². The van der Waals surface area contributed by atoms with Gasteiger partial charge in [0.2, 0.25) is 5.95 Å². The zero-order valence-electron chi connectivity index (χ0n) is 16.0. The molecule has 0 aliphatic heterocycles. The fourth-order valence-electron chi connectivity index (χ4n) is 2.95. The van der Waals surface area contributed by atoms with Crippen molar-refractivity contribution in [2.45, 2.75) is 38.6 Å². The van der Waals surface area contributed by atoms with Crippen LogP contribution in [-0.2, 0) is 0 Å². The van der Waals surface area contributed by atoms with Gasteiger partial charge in [0.05, 0.1) is 5.01 Å². The van der Waals surface area contributed by atoms with Crippen molar-refractivity contribution in [1.82, 2.24) is 29.7 Å². The van der Waals surface area contributed by atoms with E-state index in [1.165, 1.54) is 12.8 Å². The van der Waals surface area contributed by atoms with Gasteiger partial charge in [0.25, 0.3) is 5.56 Å². The molecule has 0 bridgehead atoms. The summed E-state index contributed by atoms with van der Waals surface area (Å²) >= 11 is 1.64. The minimum absolute atomic E-state index is 0.0433. The summed E-state index contributed by atoms with van der Waals surface area (Å²) in [6.07, 6.45) is 5.61. The standard InChI is InChI=1S/C19H23N7OS/c1-5-12(4)8-21-24-19-20-9-14-16(23-19)26(25(11(2)3)18(14)27)15-10-28-17(22-15)13-6-7-13/h5,9-11,13,21H,1,4,6-8H2,2-3H3,(H,20,23,24). The van der Waals surface area contributed by atoms with Crippen molar-refractivity contribution < 1.29 is 0 Å². The lowest BCUT2D eigenvalue weighted by atomic mass is 10.3. The first-order chi connectivity index (χ1) is 13.5. The summed E-state index contributed by atoms with van der Waals surface area (Å²) in [5.74, 6) is 1.66. The molecule has 1 aliphatic carbocycles. The molecule has 0 saturated heterocycles. The van der Waals surface area contributed by atoms with E-state index >= 15 is 0 Å². The molecule has 3 aromatic rings. The number of nitrogens with zero attached hydrogens (tertiary/aromatic N) is 5. The van der Waals surface area contributed by atoms with Crippen LogP contribution in [0.3, 0.4) is 0 Å². The van der Waals surface area contributed by atoms with Crippen molar-refractivity contribution in [3.05, 3.63) is 51.7 Å². The van der Waals surface area contributed by atoms with E-state index in [4.69, 9.17) is 4.98 Å². The van der Waals surface area contributed by atoms with Gasteiger partial charge in [-0.3, -0.25) is 10.2 Å². The lowest BCUT2D eigenvalue weighted by Crippen LogP contribution is -2.25. The average molecular weight is 398 g/mol. The molecule has 9 heteroatoms. The molecule has 0 atom stereocenters. The molecule has 2 N–H and O–H groups in total. The SMILES string of the molecule is C=CC(=C)CNNc1ncc2c(=O)n(C(C)C)n(-c3csc(C4CC4)n3)c2n1. The van der Waals surface area contributed by atoms with Gasteiger partial charge in [-0.15, -0.1) is 11.3 Å². The minimum Gasteiger partial charge on any atom is -0.289 e. The van der Waals surface area contributed by atoms with Gasteiger partial charge in [-0.25, -0.2) is 24.8 Å². The molecule has 0 unspecified atom stereocenters. The molecular weight excluding hydrogens is 374 g/mol. The summed E-state index contributed by atoms with van der Waals surface area (Å²) in [5, 5.41) is 3.58. The van der Waals surface area contributed by atoms with Gasteiger partial charge >= 0.3 is 0 Å². The molecule has 3 aromatic heterocycles. The highest BCUT2D eigenvalue weighted by atomic mass is 32.1. The molecule has 146 valence electrons. The van der Waals surface area contributed by atoms with E-state index in [-0.39, 0.29) is 11.6 Å². The lowest BCUT2D eigenvalue weighted by molar-refractivity contribution is 0.472. The topological polar surface area (TPSA) is 89.7 Å². The van der Waals surface area contributed by atoms with Gasteiger partial charge in [-0.05, 0) is 32.3 Å². The number of hydrogen-bond donors (Lipinski definition) is 2. The number of hydrazine groups is 1. The Balaban J connectivity index is 1.76. The first kappa shape index (κ1) is 18.6. The monoisotopic (exact) mass is 397 g/mol. The average Bonchev–Trinajstić information content (AvgIpc) is 3.34. The van der Waals surface area contributed by atoms with Crippen LogP contribution in [0.15, 0.2) is 41.2 Å². The molecular formula is C19H23N7OS. The molecule has 0 radical (unpaired) electrons. The summed E-state index contributed by atoms with van der Waals surface area (Å²) in [6, 6.07) is -0.0433. The molecule has 3 heterocycles. The van der Waals surface area contributed by atoms with Crippen LogP contribution in [0.25, 0.3) is 16.9 Å². The molecule has 0 aromatic carbocycles. The smallest absolute Gasteiger partial charge is 0.278 e. The minimum atomic E-state index is -0.120. The first-order valence-corrected chi connectivity index (χ1v) is 10.1. The fraction of sp³-hybridized carbons (Fsp3) is 0.368. The predicted molar refractivity (Wildman–Crippen MR) is 112 cm³/mol. The van der Waals surface area contributed by atoms with Crippen molar-refractivity contribution in [2.75, 3.05) is 12.0 Å². The fourth-order valence-corrected chi connectivity index (χ4v) is 3.90. The number of thiazole rings is 1. The third kappa shape index (κ3) is 3.38. The lowest BCUT2D eigenvalue weighted by Gasteiger charge is -2.13. The zero-order chi connectivity index (χ0) is 19.8. The molecule has 0 spiro atoms. The Morgan fingerprint density at radius 3 is 2.89 bits per heavy atom. The third-order valence-electron chi connectivity index (χ3n) is 4.57. The second-order valence-electron chi connectivity index (χ2n) is 7.15. The Morgan fingerprint density at radius 2 is 2.21 bits per heavy atom. The maximum atomic E-state index is 12.9. The van der Waals surface area contributed by atoms with E-state index in [0.717, 1.165) is 16.4 Å². The third-order valence-corrected chi connectivity index (χ3v) is 5.56. The summed E-state index contributed by atoms with van der Waals surface area (Å²) in [6.45, 7) is 12.0. The Kier molecular flexibility index (Phi) is 4.86. The predicted octanol–water partition coefficient (Wildman–Crippen LogP) is 3.16. The van der Waals surface area contributed by atoms with E-state index in [2.05, 4.69) is 34.0 Å². The van der Waals surface area contributed by atoms with Crippen LogP contribution in [0.1, 0.15) is 43.7 Å². The number of rotatable bonds is 8. The van der Waals surface area contributed by atoms with Gasteiger partial charge in [0.15, 0.2) is 11.5 Å². The maximum Gasteiger partial charge on any atom is 0.278 e. The van der Waals surface area contributed by atoms with Gasteiger partial charge in [-0.1, -0.05) is 19.2 Å². The van der Waals surface area contributed by atoms with Crippen LogP contribution in [0, 0.1) is 0 Å². The second-order valence-corrected chi connectivity index (χ2v) is 8.03. The summed E-state index contributed by atoms with van der Waals surface area (Å²) in [4.78, 5) is 26.6. The van der Waals surface area contributed by atoms with Crippen LogP contribution >= 0.6 is 11.3 Å². The number of nitrogens with one attached hydrogen (secondary N) is 2. The van der Waals surface area contributed by atoms with Crippen molar-refractivity contribution in [3.8, 4) is 5.82 Å². The Hall–Kier alpha value is -2.78. The zero-order valence-corrected chi connectivity index (χ0v) is 16.8. The molecule has 8 nitrogen and oxygen atoms in total. The maximum absolute atomic E-state index is 12.9. The van der Waals surface area contributed by atoms with Crippen molar-refractivity contribution in [3.63, 3.8) is 0 Å². The number of aromatic nitrogens is 5. The molecule has 1 saturated carbocycles. The highest BCUT2D eigenvalue weighted by Gasteiger charge is 2.28. The number of anilines is 1. The Labute approximate surface area is 166 Å². The normalized spacial score (nSPS) is 14.0. The second kappa shape index (κ2) is 7.33. The van der Waals surface area contributed by atoms with Crippen LogP contribution < -0.4 is 16.4 Å². The molecule has 1 fully saturated rings. The highest BCUT2D eigenvalue weighted by Crippen LogP contribution is 2.41.